The van der Waals surface area contributed by atoms with Crippen molar-refractivity contribution in [2.24, 2.45) is 0 Å². The van der Waals surface area contributed by atoms with Gasteiger partial charge in [0.15, 0.2) is 0 Å². The Labute approximate surface area is 135 Å². The Balaban J connectivity index is 1.52. The molecule has 4 heteroatoms. The van der Waals surface area contributed by atoms with E-state index in [-0.39, 0.29) is 6.10 Å². The fraction of sp³-hybridized carbons (Fsp3) is 0.294. The van der Waals surface area contributed by atoms with Gasteiger partial charge in [0, 0.05) is 33.9 Å². The molecule has 0 bridgehead atoms. The van der Waals surface area contributed by atoms with E-state index < -0.39 is 0 Å². The summed E-state index contributed by atoms with van der Waals surface area (Å²) < 4.78 is 11.3. The maximum absolute atomic E-state index is 5.75. The molecule has 2 aromatic carbocycles. The molecule has 21 heavy (non-hydrogen) atoms. The second-order valence-electron chi connectivity index (χ2n) is 4.66. The third-order valence-electron chi connectivity index (χ3n) is 2.79. The highest BCUT2D eigenvalue weighted by Crippen LogP contribution is 2.22. The quantitative estimate of drug-likeness (QED) is 0.442. The normalized spacial score (nSPS) is 12.2. The standard InChI is InChI=1S/C17H20O2S2/c1-15(19-21-17-12-6-3-7-13-17)9-8-14-18-20-16-10-4-2-5-11-16/h2-7,10-13,15H,8-9,14H2,1H3. The lowest BCUT2D eigenvalue weighted by molar-refractivity contribution is 0.232. The van der Waals surface area contributed by atoms with Gasteiger partial charge in [0.1, 0.15) is 0 Å². The molecule has 0 heterocycles. The van der Waals surface area contributed by atoms with Crippen molar-refractivity contribution < 1.29 is 8.37 Å². The topological polar surface area (TPSA) is 18.5 Å². The summed E-state index contributed by atoms with van der Waals surface area (Å²) in [5.74, 6) is 0. The fourth-order valence-electron chi connectivity index (χ4n) is 1.68. The van der Waals surface area contributed by atoms with Crippen LogP contribution in [0.5, 0.6) is 0 Å². The first-order chi connectivity index (χ1) is 10.3. The van der Waals surface area contributed by atoms with E-state index in [1.807, 2.05) is 48.5 Å². The molecule has 2 aromatic rings. The first-order valence-corrected chi connectivity index (χ1v) is 8.56. The van der Waals surface area contributed by atoms with Gasteiger partial charge in [-0.25, -0.2) is 0 Å². The molecular weight excluding hydrogens is 300 g/mol. The van der Waals surface area contributed by atoms with Gasteiger partial charge in [-0.2, -0.15) is 0 Å². The van der Waals surface area contributed by atoms with E-state index in [1.54, 1.807) is 0 Å². The van der Waals surface area contributed by atoms with Gasteiger partial charge in [0.25, 0.3) is 0 Å². The van der Waals surface area contributed by atoms with E-state index in [0.717, 1.165) is 29.2 Å². The van der Waals surface area contributed by atoms with Crippen LogP contribution >= 0.6 is 24.1 Å². The van der Waals surface area contributed by atoms with E-state index in [9.17, 15) is 0 Å². The molecule has 0 aromatic heterocycles. The largest absolute Gasteiger partial charge is 0.310 e. The fourth-order valence-corrected chi connectivity index (χ4v) is 2.92. The summed E-state index contributed by atoms with van der Waals surface area (Å²) in [6, 6.07) is 20.3. The maximum atomic E-state index is 5.75. The monoisotopic (exact) mass is 320 g/mol. The average molecular weight is 320 g/mol. The summed E-state index contributed by atoms with van der Waals surface area (Å²) in [5, 5.41) is 0. The van der Waals surface area contributed by atoms with Crippen LogP contribution < -0.4 is 0 Å². The SMILES string of the molecule is CC(CCCOSc1ccccc1)OSc1ccccc1. The van der Waals surface area contributed by atoms with E-state index >= 15 is 0 Å². The van der Waals surface area contributed by atoms with Crippen molar-refractivity contribution in [1.29, 1.82) is 0 Å². The van der Waals surface area contributed by atoms with Crippen LogP contribution in [0.3, 0.4) is 0 Å². The van der Waals surface area contributed by atoms with Gasteiger partial charge in [-0.3, -0.25) is 0 Å². The maximum Gasteiger partial charge on any atom is 0.0699 e. The summed E-state index contributed by atoms with van der Waals surface area (Å²) in [5.41, 5.74) is 0. The van der Waals surface area contributed by atoms with Crippen LogP contribution in [0.1, 0.15) is 19.8 Å². The predicted molar refractivity (Wildman–Crippen MR) is 90.3 cm³/mol. The third kappa shape index (κ3) is 7.05. The van der Waals surface area contributed by atoms with Crippen LogP contribution in [0.25, 0.3) is 0 Å². The van der Waals surface area contributed by atoms with Gasteiger partial charge >= 0.3 is 0 Å². The summed E-state index contributed by atoms with van der Waals surface area (Å²) in [6.07, 6.45) is 2.21. The smallest absolute Gasteiger partial charge is 0.0699 e. The Morgan fingerprint density at radius 3 is 2.05 bits per heavy atom. The molecule has 0 N–H and O–H groups in total. The minimum Gasteiger partial charge on any atom is -0.310 e. The zero-order valence-corrected chi connectivity index (χ0v) is 13.7. The molecular formula is C17H20O2S2. The van der Waals surface area contributed by atoms with Crippen molar-refractivity contribution >= 4 is 24.1 Å². The highest BCUT2D eigenvalue weighted by Gasteiger charge is 2.04. The van der Waals surface area contributed by atoms with Gasteiger partial charge in [-0.05, 0) is 44.0 Å². The highest BCUT2D eigenvalue weighted by atomic mass is 32.2. The molecule has 1 unspecified atom stereocenters. The molecule has 0 radical (unpaired) electrons. The van der Waals surface area contributed by atoms with Crippen molar-refractivity contribution in [2.75, 3.05) is 6.61 Å². The Kier molecular flexibility index (Phi) is 7.75. The number of hydrogen-bond donors (Lipinski definition) is 0. The summed E-state index contributed by atoms with van der Waals surface area (Å²) in [6.45, 7) is 2.84. The number of benzene rings is 2. The van der Waals surface area contributed by atoms with Crippen molar-refractivity contribution in [2.45, 2.75) is 35.7 Å². The van der Waals surface area contributed by atoms with Crippen LogP contribution in [0, 0.1) is 0 Å². The lowest BCUT2D eigenvalue weighted by Crippen LogP contribution is -2.04. The second kappa shape index (κ2) is 9.90. The van der Waals surface area contributed by atoms with E-state index in [2.05, 4.69) is 19.1 Å². The molecule has 112 valence electrons. The molecule has 0 aliphatic rings. The van der Waals surface area contributed by atoms with Crippen molar-refractivity contribution in [3.63, 3.8) is 0 Å². The second-order valence-corrected chi connectivity index (χ2v) is 6.37. The van der Waals surface area contributed by atoms with Gasteiger partial charge in [0.05, 0.1) is 12.7 Å². The molecule has 0 spiro atoms. The first-order valence-electron chi connectivity index (χ1n) is 7.07. The van der Waals surface area contributed by atoms with Gasteiger partial charge < -0.3 is 8.37 Å². The Morgan fingerprint density at radius 2 is 1.43 bits per heavy atom. The van der Waals surface area contributed by atoms with E-state index in [0.29, 0.717) is 0 Å². The van der Waals surface area contributed by atoms with Crippen LogP contribution in [0.4, 0.5) is 0 Å². The Hall–Kier alpha value is -0.940. The first kappa shape index (κ1) is 16.4. The Bertz CT molecular complexity index is 491. The molecule has 0 aliphatic heterocycles. The van der Waals surface area contributed by atoms with Crippen molar-refractivity contribution in [3.8, 4) is 0 Å². The summed E-state index contributed by atoms with van der Waals surface area (Å²) >= 11 is 2.88. The van der Waals surface area contributed by atoms with Crippen LogP contribution in [0.2, 0.25) is 0 Å². The number of hydrogen-bond acceptors (Lipinski definition) is 4. The van der Waals surface area contributed by atoms with E-state index in [4.69, 9.17) is 8.37 Å². The molecule has 2 nitrogen and oxygen atoms in total. The average Bonchev–Trinajstić information content (AvgIpc) is 2.54. The zero-order chi connectivity index (χ0) is 14.8. The van der Waals surface area contributed by atoms with Crippen LogP contribution in [-0.2, 0) is 8.37 Å². The minimum absolute atomic E-state index is 0.223. The predicted octanol–water partition coefficient (Wildman–Crippen LogP) is 5.60. The van der Waals surface area contributed by atoms with Crippen molar-refractivity contribution in [1.82, 2.24) is 0 Å². The molecule has 0 amide bonds. The van der Waals surface area contributed by atoms with Gasteiger partial charge in [-0.1, -0.05) is 36.4 Å². The van der Waals surface area contributed by atoms with Gasteiger partial charge in [-0.15, -0.1) is 0 Å². The molecule has 0 aliphatic carbocycles. The molecule has 0 saturated heterocycles. The third-order valence-corrected chi connectivity index (χ3v) is 4.43. The highest BCUT2D eigenvalue weighted by molar-refractivity contribution is 7.95. The zero-order valence-electron chi connectivity index (χ0n) is 12.1. The van der Waals surface area contributed by atoms with Gasteiger partial charge in [0.2, 0.25) is 0 Å². The summed E-state index contributed by atoms with van der Waals surface area (Å²) in [7, 11) is 0. The molecule has 2 rings (SSSR count). The van der Waals surface area contributed by atoms with Crippen LogP contribution in [-0.4, -0.2) is 12.7 Å². The van der Waals surface area contributed by atoms with Crippen LogP contribution in [0.15, 0.2) is 70.5 Å². The lowest BCUT2D eigenvalue weighted by Gasteiger charge is -2.11. The number of rotatable bonds is 9. The Morgan fingerprint density at radius 1 is 0.857 bits per heavy atom. The summed E-state index contributed by atoms with van der Waals surface area (Å²) in [4.78, 5) is 2.28. The van der Waals surface area contributed by atoms with Crippen molar-refractivity contribution in [3.05, 3.63) is 60.7 Å². The lowest BCUT2D eigenvalue weighted by atomic mass is 10.2. The minimum atomic E-state index is 0.223. The molecule has 0 fully saturated rings. The van der Waals surface area contributed by atoms with E-state index in [1.165, 1.54) is 24.1 Å². The molecule has 1 atom stereocenters. The molecule has 0 saturated carbocycles.